The Labute approximate surface area is 107 Å². The van der Waals surface area contributed by atoms with E-state index in [1.54, 1.807) is 0 Å². The third-order valence-corrected chi connectivity index (χ3v) is 3.63. The number of ether oxygens (including phenoxy) is 1. The van der Waals surface area contributed by atoms with E-state index in [0.29, 0.717) is 17.2 Å². The molecule has 1 saturated heterocycles. The molecule has 1 atom stereocenters. The van der Waals surface area contributed by atoms with Crippen molar-refractivity contribution in [3.05, 3.63) is 33.8 Å². The molecule has 1 heterocycles. The van der Waals surface area contributed by atoms with Gasteiger partial charge in [0, 0.05) is 12.2 Å². The number of hydrogen-bond donors (Lipinski definition) is 0. The van der Waals surface area contributed by atoms with E-state index in [2.05, 4.69) is 0 Å². The molecular weight excluding hydrogens is 236 g/mol. The SMILES string of the molecule is Cc1cc(Cl)c(C(=O)C2CCCCO2)cc1C. The quantitative estimate of drug-likeness (QED) is 0.750. The van der Waals surface area contributed by atoms with Crippen LogP contribution in [-0.2, 0) is 4.74 Å². The largest absolute Gasteiger partial charge is 0.370 e. The van der Waals surface area contributed by atoms with E-state index in [4.69, 9.17) is 16.3 Å². The fourth-order valence-corrected chi connectivity index (χ4v) is 2.40. The average Bonchev–Trinajstić information content (AvgIpc) is 2.34. The molecule has 2 rings (SSSR count). The van der Waals surface area contributed by atoms with Gasteiger partial charge in [-0.15, -0.1) is 0 Å². The third kappa shape index (κ3) is 2.70. The Bertz CT molecular complexity index is 434. The second kappa shape index (κ2) is 5.19. The van der Waals surface area contributed by atoms with Crippen LogP contribution in [-0.4, -0.2) is 18.5 Å². The Hall–Kier alpha value is -0.860. The lowest BCUT2D eigenvalue weighted by Gasteiger charge is -2.22. The van der Waals surface area contributed by atoms with Gasteiger partial charge < -0.3 is 4.74 Å². The van der Waals surface area contributed by atoms with E-state index in [1.165, 1.54) is 0 Å². The van der Waals surface area contributed by atoms with Gasteiger partial charge in [0.1, 0.15) is 6.10 Å². The first-order valence-corrected chi connectivity index (χ1v) is 6.40. The van der Waals surface area contributed by atoms with Crippen LogP contribution >= 0.6 is 11.6 Å². The summed E-state index contributed by atoms with van der Waals surface area (Å²) in [5.74, 6) is 0.0257. The van der Waals surface area contributed by atoms with Gasteiger partial charge in [-0.2, -0.15) is 0 Å². The highest BCUT2D eigenvalue weighted by atomic mass is 35.5. The summed E-state index contributed by atoms with van der Waals surface area (Å²) >= 11 is 6.14. The zero-order valence-corrected chi connectivity index (χ0v) is 11.0. The van der Waals surface area contributed by atoms with Crippen molar-refractivity contribution < 1.29 is 9.53 Å². The molecule has 1 aromatic rings. The van der Waals surface area contributed by atoms with Crippen molar-refractivity contribution in [1.82, 2.24) is 0 Å². The third-order valence-electron chi connectivity index (χ3n) is 3.32. The molecule has 17 heavy (non-hydrogen) atoms. The topological polar surface area (TPSA) is 26.3 Å². The Balaban J connectivity index is 2.26. The van der Waals surface area contributed by atoms with Gasteiger partial charge in [0.25, 0.3) is 0 Å². The Morgan fingerprint density at radius 3 is 2.65 bits per heavy atom. The molecule has 1 fully saturated rings. The first kappa shape index (κ1) is 12.6. The molecule has 0 spiro atoms. The molecule has 1 aromatic carbocycles. The average molecular weight is 253 g/mol. The molecule has 0 radical (unpaired) electrons. The number of carbonyl (C=O) groups is 1. The maximum atomic E-state index is 12.3. The van der Waals surface area contributed by atoms with E-state index < -0.39 is 0 Å². The summed E-state index contributed by atoms with van der Waals surface area (Å²) in [6.45, 7) is 4.66. The van der Waals surface area contributed by atoms with E-state index >= 15 is 0 Å². The minimum Gasteiger partial charge on any atom is -0.370 e. The van der Waals surface area contributed by atoms with E-state index in [1.807, 2.05) is 26.0 Å². The second-order valence-corrected chi connectivity index (χ2v) is 5.04. The molecule has 2 nitrogen and oxygen atoms in total. The Morgan fingerprint density at radius 1 is 1.29 bits per heavy atom. The molecule has 0 saturated carbocycles. The van der Waals surface area contributed by atoms with Crippen LogP contribution in [0, 0.1) is 13.8 Å². The number of benzene rings is 1. The lowest BCUT2D eigenvalue weighted by atomic mass is 9.97. The van der Waals surface area contributed by atoms with Crippen molar-refractivity contribution in [3.63, 3.8) is 0 Å². The lowest BCUT2D eigenvalue weighted by Crippen LogP contribution is -2.28. The van der Waals surface area contributed by atoms with Gasteiger partial charge in [-0.05, 0) is 56.4 Å². The number of halogens is 1. The van der Waals surface area contributed by atoms with Gasteiger partial charge >= 0.3 is 0 Å². The molecule has 0 N–H and O–H groups in total. The van der Waals surface area contributed by atoms with Crippen LogP contribution in [0.3, 0.4) is 0 Å². The van der Waals surface area contributed by atoms with Gasteiger partial charge in [0.05, 0.1) is 5.02 Å². The maximum Gasteiger partial charge on any atom is 0.193 e. The number of carbonyl (C=O) groups excluding carboxylic acids is 1. The summed E-state index contributed by atoms with van der Waals surface area (Å²) < 4.78 is 5.51. The monoisotopic (exact) mass is 252 g/mol. The van der Waals surface area contributed by atoms with Crippen LogP contribution in [0.25, 0.3) is 0 Å². The highest BCUT2D eigenvalue weighted by Crippen LogP contribution is 2.25. The fourth-order valence-electron chi connectivity index (χ4n) is 2.09. The Morgan fingerprint density at radius 2 is 2.00 bits per heavy atom. The zero-order valence-electron chi connectivity index (χ0n) is 10.3. The summed E-state index contributed by atoms with van der Waals surface area (Å²) in [5, 5.41) is 0.535. The van der Waals surface area contributed by atoms with Crippen molar-refractivity contribution in [2.45, 2.75) is 39.2 Å². The van der Waals surface area contributed by atoms with E-state index in [9.17, 15) is 4.79 Å². The smallest absolute Gasteiger partial charge is 0.193 e. The summed E-state index contributed by atoms with van der Waals surface area (Å²) in [6.07, 6.45) is 2.61. The second-order valence-electron chi connectivity index (χ2n) is 4.64. The predicted octanol–water partition coefficient (Wildman–Crippen LogP) is 3.71. The lowest BCUT2D eigenvalue weighted by molar-refractivity contribution is 0.0186. The van der Waals surface area contributed by atoms with Gasteiger partial charge in [-0.25, -0.2) is 0 Å². The highest BCUT2D eigenvalue weighted by molar-refractivity contribution is 6.34. The summed E-state index contributed by atoms with van der Waals surface area (Å²) in [5.41, 5.74) is 2.80. The van der Waals surface area contributed by atoms with Crippen molar-refractivity contribution in [2.75, 3.05) is 6.61 Å². The first-order chi connectivity index (χ1) is 8.09. The molecule has 1 aliphatic rings. The van der Waals surface area contributed by atoms with Crippen LogP contribution in [0.2, 0.25) is 5.02 Å². The van der Waals surface area contributed by atoms with Crippen molar-refractivity contribution in [3.8, 4) is 0 Å². The summed E-state index contributed by atoms with van der Waals surface area (Å²) in [4.78, 5) is 12.3. The number of hydrogen-bond acceptors (Lipinski definition) is 2. The minimum absolute atomic E-state index is 0.0257. The Kier molecular flexibility index (Phi) is 3.85. The van der Waals surface area contributed by atoms with Gasteiger partial charge in [0.15, 0.2) is 5.78 Å². The summed E-state index contributed by atoms with van der Waals surface area (Å²) in [7, 11) is 0. The number of rotatable bonds is 2. The zero-order chi connectivity index (χ0) is 12.4. The van der Waals surface area contributed by atoms with E-state index in [-0.39, 0.29) is 11.9 Å². The minimum atomic E-state index is -0.302. The normalized spacial score (nSPS) is 20.3. The maximum absolute atomic E-state index is 12.3. The number of aryl methyl sites for hydroxylation is 2. The van der Waals surface area contributed by atoms with Crippen LogP contribution in [0.4, 0.5) is 0 Å². The van der Waals surface area contributed by atoms with Crippen molar-refractivity contribution in [2.24, 2.45) is 0 Å². The molecule has 0 bridgehead atoms. The van der Waals surface area contributed by atoms with Crippen molar-refractivity contribution in [1.29, 1.82) is 0 Å². The van der Waals surface area contributed by atoms with Crippen LogP contribution in [0.5, 0.6) is 0 Å². The number of Topliss-reactive ketones (excluding diaryl/α,β-unsaturated/α-hetero) is 1. The fraction of sp³-hybridized carbons (Fsp3) is 0.500. The predicted molar refractivity (Wildman–Crippen MR) is 68.8 cm³/mol. The first-order valence-electron chi connectivity index (χ1n) is 6.02. The molecule has 0 aliphatic carbocycles. The van der Waals surface area contributed by atoms with E-state index in [0.717, 1.165) is 30.4 Å². The molecule has 1 unspecified atom stereocenters. The molecule has 0 amide bonds. The standard InChI is InChI=1S/C14H17ClO2/c1-9-7-11(12(15)8-10(9)2)14(16)13-5-3-4-6-17-13/h7-8,13H,3-6H2,1-2H3. The molecule has 3 heteroatoms. The van der Waals surface area contributed by atoms with Crippen LogP contribution in [0.1, 0.15) is 40.7 Å². The van der Waals surface area contributed by atoms with Crippen LogP contribution in [0.15, 0.2) is 12.1 Å². The highest BCUT2D eigenvalue weighted by Gasteiger charge is 2.25. The number of ketones is 1. The van der Waals surface area contributed by atoms with Gasteiger partial charge in [0.2, 0.25) is 0 Å². The van der Waals surface area contributed by atoms with Gasteiger partial charge in [-0.3, -0.25) is 4.79 Å². The van der Waals surface area contributed by atoms with Gasteiger partial charge in [-0.1, -0.05) is 11.6 Å². The molecule has 0 aromatic heterocycles. The molecule has 1 aliphatic heterocycles. The molecule has 92 valence electrons. The summed E-state index contributed by atoms with van der Waals surface area (Å²) in [6, 6.07) is 3.73. The molecular formula is C14H17ClO2. The van der Waals surface area contributed by atoms with Crippen LogP contribution < -0.4 is 0 Å². The van der Waals surface area contributed by atoms with Crippen molar-refractivity contribution >= 4 is 17.4 Å².